The maximum Gasteiger partial charge on any atom is 0.170 e. The molecule has 5 heteroatoms. The van der Waals surface area contributed by atoms with Crippen LogP contribution in [0.2, 0.25) is 0 Å². The second-order valence-corrected chi connectivity index (χ2v) is 5.72. The highest BCUT2D eigenvalue weighted by Crippen LogP contribution is 2.32. The van der Waals surface area contributed by atoms with Crippen molar-refractivity contribution in [2.75, 3.05) is 46.1 Å². The van der Waals surface area contributed by atoms with Gasteiger partial charge in [-0.25, -0.2) is 0 Å². The van der Waals surface area contributed by atoms with E-state index in [4.69, 9.17) is 14.2 Å². The molecule has 18 heavy (non-hydrogen) atoms. The first-order valence-corrected chi connectivity index (χ1v) is 7.00. The maximum absolute atomic E-state index is 10.5. The van der Waals surface area contributed by atoms with Gasteiger partial charge >= 0.3 is 0 Å². The van der Waals surface area contributed by atoms with Gasteiger partial charge in [-0.2, -0.15) is 0 Å². The summed E-state index contributed by atoms with van der Waals surface area (Å²) in [5.41, 5.74) is -0.555. The highest BCUT2D eigenvalue weighted by Gasteiger charge is 2.41. The van der Waals surface area contributed by atoms with Crippen LogP contribution in [0.25, 0.3) is 0 Å². The Morgan fingerprint density at radius 1 is 0.889 bits per heavy atom. The van der Waals surface area contributed by atoms with E-state index in [-0.39, 0.29) is 5.79 Å². The molecular formula is C13H23NO4. The predicted molar refractivity (Wildman–Crippen MR) is 65.3 cm³/mol. The molecule has 0 aromatic rings. The first-order valence-electron chi connectivity index (χ1n) is 7.00. The molecule has 3 heterocycles. The van der Waals surface area contributed by atoms with E-state index in [1.165, 1.54) is 0 Å². The highest BCUT2D eigenvalue weighted by atomic mass is 16.7. The van der Waals surface area contributed by atoms with E-state index >= 15 is 0 Å². The predicted octanol–water partition coefficient (Wildman–Crippen LogP) is 0.367. The van der Waals surface area contributed by atoms with Crippen LogP contribution in [0, 0.1) is 0 Å². The molecule has 0 unspecified atom stereocenters. The Morgan fingerprint density at radius 2 is 1.50 bits per heavy atom. The average molecular weight is 257 g/mol. The fourth-order valence-electron chi connectivity index (χ4n) is 3.16. The first kappa shape index (κ1) is 12.8. The summed E-state index contributed by atoms with van der Waals surface area (Å²) < 4.78 is 16.7. The zero-order valence-corrected chi connectivity index (χ0v) is 10.9. The molecule has 0 aromatic heterocycles. The van der Waals surface area contributed by atoms with Crippen LogP contribution in [0.15, 0.2) is 0 Å². The molecule has 3 fully saturated rings. The number of ether oxygens (including phenoxy) is 3. The van der Waals surface area contributed by atoms with Crippen LogP contribution in [0.1, 0.15) is 25.7 Å². The Balaban J connectivity index is 1.50. The number of rotatable bonds is 2. The molecule has 104 valence electrons. The Morgan fingerprint density at radius 3 is 2.11 bits per heavy atom. The summed E-state index contributed by atoms with van der Waals surface area (Å²) in [7, 11) is 0. The van der Waals surface area contributed by atoms with Crippen LogP contribution in [0.3, 0.4) is 0 Å². The SMILES string of the molecule is OC1(CN2CCC3(CC2)OCCO3)CCOCC1. The van der Waals surface area contributed by atoms with Gasteiger partial charge in [0.15, 0.2) is 5.79 Å². The Hall–Kier alpha value is -0.200. The van der Waals surface area contributed by atoms with Gasteiger partial charge < -0.3 is 24.2 Å². The number of aliphatic hydroxyl groups is 1. The Labute approximate surface area is 108 Å². The molecule has 3 aliphatic rings. The van der Waals surface area contributed by atoms with Gasteiger partial charge in [-0.05, 0) is 0 Å². The Bertz CT molecular complexity index is 275. The second-order valence-electron chi connectivity index (χ2n) is 5.72. The summed E-state index contributed by atoms with van der Waals surface area (Å²) in [5.74, 6) is -0.311. The van der Waals surface area contributed by atoms with E-state index < -0.39 is 5.60 Å². The molecule has 0 aliphatic carbocycles. The summed E-state index contributed by atoms with van der Waals surface area (Å²) >= 11 is 0. The standard InChI is InChI=1S/C13H23NO4/c15-12(3-7-16-8-4-12)11-14-5-1-13(2-6-14)17-9-10-18-13/h15H,1-11H2. The zero-order chi connectivity index (χ0) is 12.5. The van der Waals surface area contributed by atoms with Gasteiger partial charge in [0, 0.05) is 58.5 Å². The molecule has 1 spiro atoms. The normalized spacial score (nSPS) is 31.8. The third-order valence-corrected chi connectivity index (χ3v) is 4.37. The molecule has 0 atom stereocenters. The van der Waals surface area contributed by atoms with Gasteiger partial charge in [0.2, 0.25) is 0 Å². The van der Waals surface area contributed by atoms with Crippen molar-refractivity contribution >= 4 is 0 Å². The quantitative estimate of drug-likeness (QED) is 0.774. The third-order valence-electron chi connectivity index (χ3n) is 4.37. The number of piperidine rings is 1. The van der Waals surface area contributed by atoms with Crippen molar-refractivity contribution in [1.82, 2.24) is 4.90 Å². The molecule has 0 bridgehead atoms. The lowest BCUT2D eigenvalue weighted by Gasteiger charge is -2.42. The molecule has 0 radical (unpaired) electrons. The minimum absolute atomic E-state index is 0.311. The topological polar surface area (TPSA) is 51.2 Å². The molecule has 0 aromatic carbocycles. The molecular weight excluding hydrogens is 234 g/mol. The average Bonchev–Trinajstić information content (AvgIpc) is 2.82. The van der Waals surface area contributed by atoms with E-state index in [2.05, 4.69) is 4.90 Å². The third kappa shape index (κ3) is 2.70. The molecule has 0 saturated carbocycles. The molecule has 5 nitrogen and oxygen atoms in total. The van der Waals surface area contributed by atoms with Crippen LogP contribution in [0.4, 0.5) is 0 Å². The van der Waals surface area contributed by atoms with Crippen LogP contribution < -0.4 is 0 Å². The van der Waals surface area contributed by atoms with Gasteiger partial charge in [-0.3, -0.25) is 0 Å². The van der Waals surface area contributed by atoms with E-state index in [0.29, 0.717) is 13.2 Å². The van der Waals surface area contributed by atoms with Crippen molar-refractivity contribution in [3.8, 4) is 0 Å². The van der Waals surface area contributed by atoms with E-state index in [1.54, 1.807) is 0 Å². The number of hydrogen-bond acceptors (Lipinski definition) is 5. The lowest BCUT2D eigenvalue weighted by atomic mass is 9.92. The lowest BCUT2D eigenvalue weighted by molar-refractivity contribution is -0.190. The lowest BCUT2D eigenvalue weighted by Crippen LogP contribution is -2.52. The van der Waals surface area contributed by atoms with Gasteiger partial charge in [0.05, 0.1) is 18.8 Å². The van der Waals surface area contributed by atoms with E-state index in [1.807, 2.05) is 0 Å². The smallest absolute Gasteiger partial charge is 0.170 e. The number of nitrogens with zero attached hydrogens (tertiary/aromatic N) is 1. The van der Waals surface area contributed by atoms with Gasteiger partial charge in [0.25, 0.3) is 0 Å². The van der Waals surface area contributed by atoms with Crippen LogP contribution in [0.5, 0.6) is 0 Å². The minimum Gasteiger partial charge on any atom is -0.388 e. The minimum atomic E-state index is -0.555. The maximum atomic E-state index is 10.5. The number of hydrogen-bond donors (Lipinski definition) is 1. The van der Waals surface area contributed by atoms with Crippen molar-refractivity contribution < 1.29 is 19.3 Å². The fourth-order valence-corrected chi connectivity index (χ4v) is 3.16. The second kappa shape index (κ2) is 5.06. The van der Waals surface area contributed by atoms with Crippen molar-refractivity contribution in [3.63, 3.8) is 0 Å². The molecule has 3 saturated heterocycles. The summed E-state index contributed by atoms with van der Waals surface area (Å²) in [5, 5.41) is 10.5. The van der Waals surface area contributed by atoms with Crippen molar-refractivity contribution in [1.29, 1.82) is 0 Å². The largest absolute Gasteiger partial charge is 0.388 e. The number of β-amino-alcohol motifs (C(OH)–C–C–N with tert-alkyl or cyclic N) is 1. The monoisotopic (exact) mass is 257 g/mol. The van der Waals surface area contributed by atoms with Gasteiger partial charge in [0.1, 0.15) is 0 Å². The molecule has 1 N–H and O–H groups in total. The van der Waals surface area contributed by atoms with Crippen LogP contribution in [-0.4, -0.2) is 67.5 Å². The molecule has 3 rings (SSSR count). The summed E-state index contributed by atoms with van der Waals surface area (Å²) in [6, 6.07) is 0. The molecule has 0 amide bonds. The first-order chi connectivity index (χ1) is 8.70. The summed E-state index contributed by atoms with van der Waals surface area (Å²) in [4.78, 5) is 2.33. The van der Waals surface area contributed by atoms with Gasteiger partial charge in [-0.1, -0.05) is 0 Å². The van der Waals surface area contributed by atoms with Crippen molar-refractivity contribution in [3.05, 3.63) is 0 Å². The van der Waals surface area contributed by atoms with Gasteiger partial charge in [-0.15, -0.1) is 0 Å². The Kier molecular flexibility index (Phi) is 3.60. The molecule has 3 aliphatic heterocycles. The number of likely N-dealkylation sites (tertiary alicyclic amines) is 1. The fraction of sp³-hybridized carbons (Fsp3) is 1.00. The van der Waals surface area contributed by atoms with Crippen molar-refractivity contribution in [2.24, 2.45) is 0 Å². The summed E-state index contributed by atoms with van der Waals surface area (Å²) in [6.07, 6.45) is 3.34. The zero-order valence-electron chi connectivity index (χ0n) is 10.9. The van der Waals surface area contributed by atoms with Crippen LogP contribution in [-0.2, 0) is 14.2 Å². The van der Waals surface area contributed by atoms with Crippen molar-refractivity contribution in [2.45, 2.75) is 37.1 Å². The van der Waals surface area contributed by atoms with E-state index in [9.17, 15) is 5.11 Å². The highest BCUT2D eigenvalue weighted by molar-refractivity contribution is 4.89. The van der Waals surface area contributed by atoms with E-state index in [0.717, 1.165) is 58.5 Å². The summed E-state index contributed by atoms with van der Waals surface area (Å²) in [6.45, 7) is 5.46. The van der Waals surface area contributed by atoms with Crippen LogP contribution >= 0.6 is 0 Å².